The van der Waals surface area contributed by atoms with Crippen molar-refractivity contribution < 1.29 is 9.84 Å². The molecule has 0 atom stereocenters. The number of hydrogen-bond donors (Lipinski definition) is 1. The average molecular weight is 294 g/mol. The number of ether oxygens (including phenoxy) is 1. The summed E-state index contributed by atoms with van der Waals surface area (Å²) < 4.78 is 6.59. The molecule has 1 heterocycles. The van der Waals surface area contributed by atoms with Crippen molar-refractivity contribution in [2.75, 3.05) is 0 Å². The van der Waals surface area contributed by atoms with Crippen molar-refractivity contribution >= 4 is 15.9 Å². The van der Waals surface area contributed by atoms with Crippen LogP contribution in [0.5, 0.6) is 11.5 Å². The minimum Gasteiger partial charge on any atom is -0.455 e. The third-order valence-corrected chi connectivity index (χ3v) is 2.76. The zero-order chi connectivity index (χ0) is 12.3. The second-order valence-electron chi connectivity index (χ2n) is 3.70. The molecular weight excluding hydrogens is 282 g/mol. The Morgan fingerprint density at radius 2 is 2.12 bits per heavy atom. The van der Waals surface area contributed by atoms with E-state index in [9.17, 15) is 0 Å². The molecule has 2 aromatic rings. The molecule has 0 amide bonds. The minimum atomic E-state index is 0.0412. The quantitative estimate of drug-likeness (QED) is 0.943. The lowest BCUT2D eigenvalue weighted by atomic mass is 10.1. The van der Waals surface area contributed by atoms with Crippen LogP contribution in [0.15, 0.2) is 41.1 Å². The largest absolute Gasteiger partial charge is 0.455 e. The highest BCUT2D eigenvalue weighted by Crippen LogP contribution is 2.26. The Labute approximate surface area is 108 Å². The molecule has 0 saturated heterocycles. The Bertz CT molecular complexity index is 529. The number of hydrogen-bond acceptors (Lipinski definition) is 3. The smallest absolute Gasteiger partial charge is 0.146 e. The molecule has 4 heteroatoms. The Hall–Kier alpha value is -1.39. The van der Waals surface area contributed by atoms with Crippen molar-refractivity contribution in [2.45, 2.75) is 13.5 Å². The predicted molar refractivity (Wildman–Crippen MR) is 69.1 cm³/mol. The first-order chi connectivity index (χ1) is 8.19. The van der Waals surface area contributed by atoms with E-state index in [4.69, 9.17) is 9.84 Å². The summed E-state index contributed by atoms with van der Waals surface area (Å²) in [7, 11) is 0. The van der Waals surface area contributed by atoms with E-state index in [-0.39, 0.29) is 6.61 Å². The van der Waals surface area contributed by atoms with Crippen LogP contribution in [0.1, 0.15) is 11.1 Å². The zero-order valence-electron chi connectivity index (χ0n) is 9.35. The highest BCUT2D eigenvalue weighted by molar-refractivity contribution is 9.10. The first kappa shape index (κ1) is 12.1. The topological polar surface area (TPSA) is 42.4 Å². The molecule has 1 aromatic carbocycles. The molecule has 0 aliphatic rings. The Balaban J connectivity index is 2.24. The molecule has 88 valence electrons. The highest BCUT2D eigenvalue weighted by atomic mass is 79.9. The van der Waals surface area contributed by atoms with Gasteiger partial charge in [0.2, 0.25) is 0 Å². The molecule has 2 rings (SSSR count). The van der Waals surface area contributed by atoms with Gasteiger partial charge in [-0.3, -0.25) is 4.98 Å². The van der Waals surface area contributed by atoms with Gasteiger partial charge in [0.1, 0.15) is 11.5 Å². The lowest BCUT2D eigenvalue weighted by Crippen LogP contribution is -1.91. The monoisotopic (exact) mass is 293 g/mol. The number of nitrogens with zero attached hydrogens (tertiary/aromatic N) is 1. The van der Waals surface area contributed by atoms with Crippen LogP contribution < -0.4 is 4.74 Å². The number of benzene rings is 1. The van der Waals surface area contributed by atoms with E-state index in [0.29, 0.717) is 5.75 Å². The summed E-state index contributed by atoms with van der Waals surface area (Å²) in [6.45, 7) is 1.99. The predicted octanol–water partition coefficient (Wildman–Crippen LogP) is 3.44. The Kier molecular flexibility index (Phi) is 3.76. The number of pyridine rings is 1. The summed E-state index contributed by atoms with van der Waals surface area (Å²) in [4.78, 5) is 4.03. The lowest BCUT2D eigenvalue weighted by molar-refractivity contribution is 0.281. The van der Waals surface area contributed by atoms with Crippen molar-refractivity contribution in [1.82, 2.24) is 4.98 Å². The fourth-order valence-electron chi connectivity index (χ4n) is 1.50. The Morgan fingerprint density at radius 1 is 1.29 bits per heavy atom. The summed E-state index contributed by atoms with van der Waals surface area (Å²) in [6, 6.07) is 7.45. The lowest BCUT2D eigenvalue weighted by Gasteiger charge is -2.09. The number of halogens is 1. The summed E-state index contributed by atoms with van der Waals surface area (Å²) in [6.07, 6.45) is 3.36. The third-order valence-electron chi connectivity index (χ3n) is 2.33. The van der Waals surface area contributed by atoms with E-state index in [2.05, 4.69) is 20.9 Å². The minimum absolute atomic E-state index is 0.0412. The van der Waals surface area contributed by atoms with Crippen molar-refractivity contribution in [1.29, 1.82) is 0 Å². The van der Waals surface area contributed by atoms with Gasteiger partial charge >= 0.3 is 0 Å². The molecule has 1 N–H and O–H groups in total. The van der Waals surface area contributed by atoms with Crippen LogP contribution in [0.25, 0.3) is 0 Å². The van der Waals surface area contributed by atoms with Crippen molar-refractivity contribution in [3.8, 4) is 11.5 Å². The van der Waals surface area contributed by atoms with Crippen LogP contribution in [0, 0.1) is 6.92 Å². The van der Waals surface area contributed by atoms with Gasteiger partial charge in [-0.05, 0) is 46.1 Å². The standard InChI is InChI=1S/C13H12BrNO2/c1-9-4-10(8-16)2-3-13(9)17-12-5-11(14)6-15-7-12/h2-7,16H,8H2,1H3. The summed E-state index contributed by atoms with van der Waals surface area (Å²) in [5.41, 5.74) is 1.86. The van der Waals surface area contributed by atoms with Crippen molar-refractivity contribution in [3.05, 3.63) is 52.3 Å². The van der Waals surface area contributed by atoms with Gasteiger partial charge in [0, 0.05) is 10.7 Å². The third kappa shape index (κ3) is 3.05. The van der Waals surface area contributed by atoms with Gasteiger partial charge in [-0.2, -0.15) is 0 Å². The van der Waals surface area contributed by atoms with Crippen LogP contribution in [0.3, 0.4) is 0 Å². The number of aliphatic hydroxyl groups excluding tert-OH is 1. The first-order valence-electron chi connectivity index (χ1n) is 5.18. The average Bonchev–Trinajstić information content (AvgIpc) is 2.32. The molecule has 17 heavy (non-hydrogen) atoms. The fraction of sp³-hybridized carbons (Fsp3) is 0.154. The molecule has 0 aliphatic carbocycles. The van der Waals surface area contributed by atoms with E-state index < -0.39 is 0 Å². The molecule has 3 nitrogen and oxygen atoms in total. The van der Waals surface area contributed by atoms with Crippen molar-refractivity contribution in [2.24, 2.45) is 0 Å². The van der Waals surface area contributed by atoms with Gasteiger partial charge in [-0.15, -0.1) is 0 Å². The first-order valence-corrected chi connectivity index (χ1v) is 5.97. The molecule has 0 unspecified atom stereocenters. The molecular formula is C13H12BrNO2. The van der Waals surface area contributed by atoms with E-state index in [0.717, 1.165) is 21.3 Å². The second kappa shape index (κ2) is 5.29. The summed E-state index contributed by atoms with van der Waals surface area (Å²) in [5, 5.41) is 9.02. The van der Waals surface area contributed by atoms with Gasteiger partial charge in [-0.25, -0.2) is 0 Å². The maximum atomic E-state index is 9.02. The van der Waals surface area contributed by atoms with Crippen LogP contribution in [0.2, 0.25) is 0 Å². The fourth-order valence-corrected chi connectivity index (χ4v) is 1.84. The van der Waals surface area contributed by atoms with Gasteiger partial charge in [0.25, 0.3) is 0 Å². The maximum Gasteiger partial charge on any atom is 0.146 e. The normalized spacial score (nSPS) is 10.3. The summed E-state index contributed by atoms with van der Waals surface area (Å²) >= 11 is 3.34. The summed E-state index contributed by atoms with van der Waals surface area (Å²) in [5.74, 6) is 1.45. The van der Waals surface area contributed by atoms with Crippen LogP contribution in [-0.2, 0) is 6.61 Å². The molecule has 0 bridgehead atoms. The van der Waals surface area contributed by atoms with Crippen LogP contribution in [-0.4, -0.2) is 10.1 Å². The van der Waals surface area contributed by atoms with Gasteiger partial charge in [0.05, 0.1) is 12.8 Å². The number of aryl methyl sites for hydroxylation is 1. The van der Waals surface area contributed by atoms with E-state index in [1.165, 1.54) is 0 Å². The number of rotatable bonds is 3. The van der Waals surface area contributed by atoms with E-state index >= 15 is 0 Å². The Morgan fingerprint density at radius 3 is 2.76 bits per heavy atom. The van der Waals surface area contributed by atoms with Crippen molar-refractivity contribution in [3.63, 3.8) is 0 Å². The van der Waals surface area contributed by atoms with Gasteiger partial charge < -0.3 is 9.84 Å². The van der Waals surface area contributed by atoms with Crippen LogP contribution in [0.4, 0.5) is 0 Å². The molecule has 1 aromatic heterocycles. The molecule has 0 aliphatic heterocycles. The SMILES string of the molecule is Cc1cc(CO)ccc1Oc1cncc(Br)c1. The number of aliphatic hydroxyl groups is 1. The molecule has 0 radical (unpaired) electrons. The molecule has 0 spiro atoms. The molecule has 0 saturated carbocycles. The van der Waals surface area contributed by atoms with E-state index in [1.54, 1.807) is 12.4 Å². The molecule has 0 fully saturated rings. The van der Waals surface area contributed by atoms with Crippen LogP contribution >= 0.6 is 15.9 Å². The zero-order valence-corrected chi connectivity index (χ0v) is 10.9. The maximum absolute atomic E-state index is 9.02. The highest BCUT2D eigenvalue weighted by Gasteiger charge is 2.03. The van der Waals surface area contributed by atoms with Gasteiger partial charge in [-0.1, -0.05) is 12.1 Å². The van der Waals surface area contributed by atoms with E-state index in [1.807, 2.05) is 31.2 Å². The second-order valence-corrected chi connectivity index (χ2v) is 4.61. The number of aromatic nitrogens is 1. The van der Waals surface area contributed by atoms with Gasteiger partial charge in [0.15, 0.2) is 0 Å².